The number of hydrogen-bond acceptors (Lipinski definition) is 5. The smallest absolute Gasteiger partial charge is 0.269 e. The number of non-ortho nitro benzene ring substituents is 2. The minimum atomic E-state index is -1.16. The van der Waals surface area contributed by atoms with E-state index in [9.17, 15) is 25.3 Å². The molecule has 0 bridgehead atoms. The van der Waals surface area contributed by atoms with Crippen molar-refractivity contribution in [2.45, 2.75) is 6.10 Å². The molecule has 2 aromatic carbocycles. The van der Waals surface area contributed by atoms with Gasteiger partial charge in [-0.1, -0.05) is 24.3 Å². The van der Waals surface area contributed by atoms with Crippen LogP contribution in [0.4, 0.5) is 11.4 Å². The maximum atomic E-state index is 10.7. The highest BCUT2D eigenvalue weighted by Gasteiger charge is 2.16. The second-order valence-corrected chi connectivity index (χ2v) is 4.11. The minimum Gasteiger partial charge on any atom is -0.384 e. The van der Waals surface area contributed by atoms with E-state index in [2.05, 4.69) is 0 Å². The molecule has 0 aliphatic rings. The maximum absolute atomic E-state index is 10.7. The van der Waals surface area contributed by atoms with Crippen LogP contribution in [0.5, 0.6) is 0 Å². The van der Waals surface area contributed by atoms with Gasteiger partial charge in [0, 0.05) is 24.3 Å². The Kier molecular flexibility index (Phi) is 3.72. The Morgan fingerprint density at radius 3 is 1.60 bits per heavy atom. The molecule has 0 atom stereocenters. The lowest BCUT2D eigenvalue weighted by Gasteiger charge is -2.10. The van der Waals surface area contributed by atoms with Gasteiger partial charge in [0.25, 0.3) is 11.4 Å². The molecule has 0 radical (unpaired) electrons. The summed E-state index contributed by atoms with van der Waals surface area (Å²) in [5.74, 6) is 0. The van der Waals surface area contributed by atoms with Gasteiger partial charge in [0.1, 0.15) is 6.10 Å². The van der Waals surface area contributed by atoms with Crippen LogP contribution < -0.4 is 0 Å². The Hall–Kier alpha value is -2.80. The van der Waals surface area contributed by atoms with Crippen LogP contribution in [0.2, 0.25) is 0 Å². The van der Waals surface area contributed by atoms with Crippen LogP contribution in [0.3, 0.4) is 0 Å². The second kappa shape index (κ2) is 5.45. The highest BCUT2D eigenvalue weighted by atomic mass is 16.6. The highest BCUT2D eigenvalue weighted by molar-refractivity contribution is 5.42. The van der Waals surface area contributed by atoms with Gasteiger partial charge in [-0.05, 0) is 11.1 Å². The summed E-state index contributed by atoms with van der Waals surface area (Å²) in [5, 5.41) is 31.5. The topological polar surface area (TPSA) is 107 Å². The third-order valence-corrected chi connectivity index (χ3v) is 2.79. The van der Waals surface area contributed by atoms with Gasteiger partial charge in [-0.2, -0.15) is 0 Å². The first-order valence-electron chi connectivity index (χ1n) is 5.66. The molecule has 20 heavy (non-hydrogen) atoms. The number of nitrogens with zero attached hydrogens (tertiary/aromatic N) is 2. The summed E-state index contributed by atoms with van der Waals surface area (Å²) in [4.78, 5) is 20.2. The van der Waals surface area contributed by atoms with Gasteiger partial charge in [-0.25, -0.2) is 0 Å². The summed E-state index contributed by atoms with van der Waals surface area (Å²) in [6.45, 7) is 0. The zero-order valence-corrected chi connectivity index (χ0v) is 10.2. The van der Waals surface area contributed by atoms with Crippen LogP contribution in [0, 0.1) is 20.2 Å². The Bertz CT molecular complexity index is 614. The molecule has 7 heteroatoms. The van der Waals surface area contributed by atoms with Crippen LogP contribution in [0.25, 0.3) is 0 Å². The molecule has 0 saturated heterocycles. The minimum absolute atomic E-state index is 0.146. The number of aliphatic hydroxyl groups is 1. The predicted molar refractivity (Wildman–Crippen MR) is 70.3 cm³/mol. The molecule has 102 valence electrons. The zero-order chi connectivity index (χ0) is 14.7. The lowest BCUT2D eigenvalue weighted by molar-refractivity contribution is -0.385. The van der Waals surface area contributed by atoms with Crippen molar-refractivity contribution in [2.24, 2.45) is 0 Å². The van der Waals surface area contributed by atoms with Gasteiger partial charge in [0.2, 0.25) is 0 Å². The fourth-order valence-electron chi connectivity index (χ4n) is 1.81. The fourth-order valence-corrected chi connectivity index (χ4v) is 1.81. The molecule has 0 heterocycles. The van der Waals surface area contributed by atoms with E-state index in [1.165, 1.54) is 48.5 Å². The Labute approximate surface area is 113 Å². The third kappa shape index (κ3) is 2.78. The van der Waals surface area contributed by atoms with Crippen molar-refractivity contribution in [3.8, 4) is 0 Å². The maximum Gasteiger partial charge on any atom is 0.269 e. The summed E-state index contributed by atoms with van der Waals surface area (Å²) < 4.78 is 0. The monoisotopic (exact) mass is 274 g/mol. The van der Waals surface area contributed by atoms with E-state index < -0.39 is 16.0 Å². The first-order valence-corrected chi connectivity index (χ1v) is 5.66. The SMILES string of the molecule is O=[N+]([O-])c1cccc(C(O)c2cccc([N+](=O)[O-])c2)c1. The number of hydrogen-bond donors (Lipinski definition) is 1. The van der Waals surface area contributed by atoms with Gasteiger partial charge in [0.15, 0.2) is 0 Å². The van der Waals surface area contributed by atoms with Crippen molar-refractivity contribution in [1.82, 2.24) is 0 Å². The molecule has 0 aliphatic heterocycles. The van der Waals surface area contributed by atoms with Crippen LogP contribution in [-0.4, -0.2) is 15.0 Å². The summed E-state index contributed by atoms with van der Waals surface area (Å²) >= 11 is 0. The van der Waals surface area contributed by atoms with E-state index in [-0.39, 0.29) is 11.4 Å². The van der Waals surface area contributed by atoms with Crippen LogP contribution in [0.1, 0.15) is 17.2 Å². The zero-order valence-electron chi connectivity index (χ0n) is 10.2. The summed E-state index contributed by atoms with van der Waals surface area (Å²) in [5.41, 5.74) is 0.318. The molecule has 0 aromatic heterocycles. The van der Waals surface area contributed by atoms with Gasteiger partial charge < -0.3 is 5.11 Å². The summed E-state index contributed by atoms with van der Waals surface area (Å²) in [6, 6.07) is 11.1. The highest BCUT2D eigenvalue weighted by Crippen LogP contribution is 2.27. The Morgan fingerprint density at radius 1 is 0.850 bits per heavy atom. The van der Waals surface area contributed by atoms with E-state index in [1.807, 2.05) is 0 Å². The molecule has 7 nitrogen and oxygen atoms in total. The molecule has 0 fully saturated rings. The predicted octanol–water partition coefficient (Wildman–Crippen LogP) is 2.58. The van der Waals surface area contributed by atoms with Crippen molar-refractivity contribution in [2.75, 3.05) is 0 Å². The fraction of sp³-hybridized carbons (Fsp3) is 0.0769. The number of rotatable bonds is 4. The van der Waals surface area contributed by atoms with Gasteiger partial charge in [-0.15, -0.1) is 0 Å². The van der Waals surface area contributed by atoms with Crippen LogP contribution >= 0.6 is 0 Å². The molecule has 2 rings (SSSR count). The normalized spacial score (nSPS) is 10.5. The number of benzene rings is 2. The van der Waals surface area contributed by atoms with Crippen molar-refractivity contribution in [3.63, 3.8) is 0 Å². The van der Waals surface area contributed by atoms with E-state index in [0.717, 1.165) is 0 Å². The molecule has 0 saturated carbocycles. The number of nitro benzene ring substituents is 2. The molecular weight excluding hydrogens is 264 g/mol. The number of nitro groups is 2. The van der Waals surface area contributed by atoms with E-state index in [0.29, 0.717) is 11.1 Å². The van der Waals surface area contributed by atoms with Crippen LogP contribution in [0.15, 0.2) is 48.5 Å². The molecule has 2 aromatic rings. The van der Waals surface area contributed by atoms with E-state index in [1.54, 1.807) is 0 Å². The van der Waals surface area contributed by atoms with E-state index >= 15 is 0 Å². The quantitative estimate of drug-likeness (QED) is 0.681. The van der Waals surface area contributed by atoms with Gasteiger partial charge >= 0.3 is 0 Å². The van der Waals surface area contributed by atoms with E-state index in [4.69, 9.17) is 0 Å². The van der Waals surface area contributed by atoms with Gasteiger partial charge in [0.05, 0.1) is 9.85 Å². The van der Waals surface area contributed by atoms with Crippen molar-refractivity contribution >= 4 is 11.4 Å². The lowest BCUT2D eigenvalue weighted by Crippen LogP contribution is -2.01. The lowest BCUT2D eigenvalue weighted by atomic mass is 10.0. The van der Waals surface area contributed by atoms with Crippen LogP contribution in [-0.2, 0) is 0 Å². The second-order valence-electron chi connectivity index (χ2n) is 4.11. The van der Waals surface area contributed by atoms with Crippen molar-refractivity contribution in [3.05, 3.63) is 79.9 Å². The van der Waals surface area contributed by atoms with Gasteiger partial charge in [-0.3, -0.25) is 20.2 Å². The Balaban J connectivity index is 2.38. The summed E-state index contributed by atoms with van der Waals surface area (Å²) in [7, 11) is 0. The Morgan fingerprint density at radius 2 is 1.25 bits per heavy atom. The standard InChI is InChI=1S/C13H10N2O5/c16-13(9-3-1-5-11(7-9)14(17)18)10-4-2-6-12(8-10)15(19)20/h1-8,13,16H. The average molecular weight is 274 g/mol. The molecule has 0 amide bonds. The van der Waals surface area contributed by atoms with Crippen molar-refractivity contribution in [1.29, 1.82) is 0 Å². The first-order chi connectivity index (χ1) is 9.49. The largest absolute Gasteiger partial charge is 0.384 e. The molecule has 0 unspecified atom stereocenters. The first kappa shape index (κ1) is 13.6. The average Bonchev–Trinajstić information content (AvgIpc) is 2.46. The summed E-state index contributed by atoms with van der Waals surface area (Å²) in [6.07, 6.45) is -1.16. The number of aliphatic hydroxyl groups excluding tert-OH is 1. The molecule has 1 N–H and O–H groups in total. The molecule has 0 aliphatic carbocycles. The third-order valence-electron chi connectivity index (χ3n) is 2.79. The molecular formula is C13H10N2O5. The molecule has 0 spiro atoms. The van der Waals surface area contributed by atoms with Crippen molar-refractivity contribution < 1.29 is 15.0 Å².